The molecule has 3 N–H and O–H groups in total. The first kappa shape index (κ1) is 20.2. The van der Waals surface area contributed by atoms with E-state index in [2.05, 4.69) is 10.2 Å². The van der Waals surface area contributed by atoms with Crippen molar-refractivity contribution in [2.45, 2.75) is 25.8 Å². The average Bonchev–Trinajstić information content (AvgIpc) is 2.67. The Bertz CT molecular complexity index is 733. The van der Waals surface area contributed by atoms with Gasteiger partial charge in [-0.05, 0) is 67.9 Å². The van der Waals surface area contributed by atoms with Gasteiger partial charge in [0.2, 0.25) is 0 Å². The van der Waals surface area contributed by atoms with Gasteiger partial charge in [0.1, 0.15) is 12.1 Å². The number of nitrogen functional groups attached to an aromatic ring is 1. The summed E-state index contributed by atoms with van der Waals surface area (Å²) in [7, 11) is 1.72. The van der Waals surface area contributed by atoms with E-state index in [0.29, 0.717) is 5.56 Å². The van der Waals surface area contributed by atoms with E-state index in [1.807, 2.05) is 12.1 Å². The van der Waals surface area contributed by atoms with Crippen LogP contribution in [-0.2, 0) is 6.54 Å². The fourth-order valence-corrected chi connectivity index (χ4v) is 2.96. The molecule has 1 aliphatic rings. The van der Waals surface area contributed by atoms with E-state index in [1.165, 1.54) is 31.4 Å². The minimum atomic E-state index is -0.395. The Labute approximate surface area is 159 Å². The fourth-order valence-electron chi connectivity index (χ4n) is 2.85. The van der Waals surface area contributed by atoms with Gasteiger partial charge in [0.15, 0.2) is 0 Å². The van der Waals surface area contributed by atoms with Crippen molar-refractivity contribution in [3.8, 4) is 0 Å². The topological polar surface area (TPSA) is 58.4 Å². The third-order valence-corrected chi connectivity index (χ3v) is 4.66. The monoisotopic (exact) mass is 377 g/mol. The molecule has 3 rings (SSSR count). The highest BCUT2D eigenvalue weighted by molar-refractivity contribution is 6.30. The van der Waals surface area contributed by atoms with Crippen molar-refractivity contribution < 1.29 is 9.18 Å². The first-order chi connectivity index (χ1) is 12.5. The zero-order chi connectivity index (χ0) is 18.9. The maximum Gasteiger partial charge on any atom is 0.150 e. The molecule has 2 aromatic rings. The largest absolute Gasteiger partial charge is 0.398 e. The average molecular weight is 378 g/mol. The highest BCUT2D eigenvalue weighted by atomic mass is 35.5. The molecule has 0 saturated carbocycles. The van der Waals surface area contributed by atoms with Gasteiger partial charge in [-0.15, -0.1) is 0 Å². The van der Waals surface area contributed by atoms with Gasteiger partial charge < -0.3 is 11.1 Å². The van der Waals surface area contributed by atoms with Crippen LogP contribution in [0.3, 0.4) is 0 Å². The molecule has 0 aliphatic carbocycles. The highest BCUT2D eigenvalue weighted by Crippen LogP contribution is 2.19. The number of piperidine rings is 1. The van der Waals surface area contributed by atoms with Crippen molar-refractivity contribution in [2.75, 3.05) is 31.2 Å². The number of aldehydes is 1. The molecule has 0 amide bonds. The van der Waals surface area contributed by atoms with Gasteiger partial charge in [-0.1, -0.05) is 18.0 Å². The number of halogens is 2. The van der Waals surface area contributed by atoms with E-state index in [-0.39, 0.29) is 5.02 Å². The van der Waals surface area contributed by atoms with E-state index in [0.717, 1.165) is 42.9 Å². The smallest absolute Gasteiger partial charge is 0.150 e. The Morgan fingerprint density at radius 1 is 1.19 bits per heavy atom. The first-order valence-electron chi connectivity index (χ1n) is 8.72. The summed E-state index contributed by atoms with van der Waals surface area (Å²) in [6, 6.07) is 10.1. The van der Waals surface area contributed by atoms with Crippen LogP contribution >= 0.6 is 11.6 Å². The van der Waals surface area contributed by atoms with Gasteiger partial charge in [0.05, 0.1) is 5.02 Å². The third-order valence-electron chi connectivity index (χ3n) is 4.35. The molecular weight excluding hydrogens is 353 g/mol. The molecule has 0 atom stereocenters. The second-order valence-electron chi connectivity index (χ2n) is 6.29. The van der Waals surface area contributed by atoms with Crippen LogP contribution in [-0.4, -0.2) is 31.3 Å². The van der Waals surface area contributed by atoms with Crippen LogP contribution in [0, 0.1) is 5.82 Å². The molecule has 2 aromatic carbocycles. The number of rotatable bonds is 4. The van der Waals surface area contributed by atoms with E-state index in [9.17, 15) is 9.18 Å². The molecular formula is C20H25ClFN3O. The van der Waals surface area contributed by atoms with Gasteiger partial charge in [-0.2, -0.15) is 0 Å². The van der Waals surface area contributed by atoms with Gasteiger partial charge in [-0.25, -0.2) is 4.39 Å². The summed E-state index contributed by atoms with van der Waals surface area (Å²) in [4.78, 5) is 13.1. The first-order valence-corrected chi connectivity index (χ1v) is 9.10. The van der Waals surface area contributed by atoms with Crippen molar-refractivity contribution in [1.82, 2.24) is 4.90 Å². The molecule has 0 radical (unpaired) electrons. The van der Waals surface area contributed by atoms with Gasteiger partial charge in [-0.3, -0.25) is 9.69 Å². The van der Waals surface area contributed by atoms with Crippen LogP contribution in [0.25, 0.3) is 0 Å². The van der Waals surface area contributed by atoms with Crippen molar-refractivity contribution in [3.63, 3.8) is 0 Å². The molecule has 6 heteroatoms. The lowest BCUT2D eigenvalue weighted by atomic mass is 10.1. The summed E-state index contributed by atoms with van der Waals surface area (Å²) < 4.78 is 12.6. The van der Waals surface area contributed by atoms with Crippen LogP contribution in [0.5, 0.6) is 0 Å². The minimum absolute atomic E-state index is 0.152. The summed E-state index contributed by atoms with van der Waals surface area (Å²) in [5.41, 5.74) is 9.22. The third kappa shape index (κ3) is 6.00. The molecule has 1 heterocycles. The van der Waals surface area contributed by atoms with Crippen LogP contribution < -0.4 is 11.1 Å². The lowest BCUT2D eigenvalue weighted by molar-refractivity contribution is 0.112. The zero-order valence-electron chi connectivity index (χ0n) is 15.0. The molecule has 26 heavy (non-hydrogen) atoms. The molecule has 4 nitrogen and oxygen atoms in total. The summed E-state index contributed by atoms with van der Waals surface area (Å²) in [5, 5.41) is 2.95. The molecule has 0 bridgehead atoms. The quantitative estimate of drug-likeness (QED) is 0.604. The summed E-state index contributed by atoms with van der Waals surface area (Å²) in [6.45, 7) is 3.16. The van der Waals surface area contributed by atoms with Gasteiger partial charge in [0.25, 0.3) is 0 Å². The molecule has 1 saturated heterocycles. The maximum absolute atomic E-state index is 12.6. The number of nitrogens with one attached hydrogen (secondary N) is 1. The van der Waals surface area contributed by atoms with E-state index >= 15 is 0 Å². The lowest BCUT2D eigenvalue weighted by Gasteiger charge is -2.26. The number of hydrogen-bond donors (Lipinski definition) is 2. The lowest BCUT2D eigenvalue weighted by Crippen LogP contribution is -2.29. The molecule has 1 fully saturated rings. The predicted octanol–water partition coefficient (Wildman–Crippen LogP) is 4.59. The van der Waals surface area contributed by atoms with Crippen LogP contribution in [0.1, 0.15) is 35.2 Å². The second kappa shape index (κ2) is 10.1. The Morgan fingerprint density at radius 2 is 1.92 bits per heavy atom. The fraction of sp³-hybridized carbons (Fsp3) is 0.350. The molecule has 0 spiro atoms. The standard InChI is InChI=1S/C13H18N2O.C7H7ClFN/c14-13-5-4-11(10-16)8-12(13)9-15-6-2-1-3-7-15;1-10-5-2-3-6(8)7(9)4-5/h4-5,8,10H,1-3,6-7,9,14H2;2-4,10H,1H3. The van der Waals surface area contributed by atoms with E-state index in [1.54, 1.807) is 19.2 Å². The molecule has 0 aromatic heterocycles. The second-order valence-corrected chi connectivity index (χ2v) is 6.70. The summed E-state index contributed by atoms with van der Waals surface area (Å²) in [5.74, 6) is -0.395. The van der Waals surface area contributed by atoms with Gasteiger partial charge >= 0.3 is 0 Å². The Balaban J connectivity index is 0.000000209. The maximum atomic E-state index is 12.6. The highest BCUT2D eigenvalue weighted by Gasteiger charge is 2.12. The normalized spacial score (nSPS) is 14.3. The van der Waals surface area contributed by atoms with Crippen molar-refractivity contribution in [3.05, 3.63) is 58.4 Å². The number of likely N-dealkylation sites (tertiary alicyclic amines) is 1. The SMILES string of the molecule is CNc1ccc(Cl)c(F)c1.Nc1ccc(C=O)cc1CN1CCCCC1. The summed E-state index contributed by atoms with van der Waals surface area (Å²) >= 11 is 5.43. The number of carbonyl (C=O) groups is 1. The van der Waals surface area contributed by atoms with Crippen LogP contribution in [0.4, 0.5) is 15.8 Å². The number of nitrogens with zero attached hydrogens (tertiary/aromatic N) is 1. The number of carbonyl (C=O) groups excluding carboxylic acids is 1. The Kier molecular flexibility index (Phi) is 7.88. The van der Waals surface area contributed by atoms with Crippen molar-refractivity contribution in [2.24, 2.45) is 0 Å². The number of nitrogens with two attached hydrogens (primary N) is 1. The molecule has 1 aliphatic heterocycles. The van der Waals surface area contributed by atoms with Gasteiger partial charge in [0, 0.05) is 30.5 Å². The molecule has 0 unspecified atom stereocenters. The number of anilines is 2. The molecule has 140 valence electrons. The van der Waals surface area contributed by atoms with Crippen LogP contribution in [0.2, 0.25) is 5.02 Å². The number of hydrogen-bond acceptors (Lipinski definition) is 4. The van der Waals surface area contributed by atoms with E-state index < -0.39 is 5.82 Å². The van der Waals surface area contributed by atoms with E-state index in [4.69, 9.17) is 17.3 Å². The minimum Gasteiger partial charge on any atom is -0.398 e. The van der Waals surface area contributed by atoms with Crippen LogP contribution in [0.15, 0.2) is 36.4 Å². The zero-order valence-corrected chi connectivity index (χ0v) is 15.7. The Hall–Kier alpha value is -2.11. The van der Waals surface area contributed by atoms with Crippen molar-refractivity contribution >= 4 is 29.3 Å². The Morgan fingerprint density at radius 3 is 2.54 bits per heavy atom. The predicted molar refractivity (Wildman–Crippen MR) is 106 cm³/mol. The summed E-state index contributed by atoms with van der Waals surface area (Å²) in [6.07, 6.45) is 4.75. The number of benzene rings is 2. The van der Waals surface area contributed by atoms with Crippen molar-refractivity contribution in [1.29, 1.82) is 0 Å².